The third-order valence-corrected chi connectivity index (χ3v) is 3.17. The number of furan rings is 1. The summed E-state index contributed by atoms with van der Waals surface area (Å²) in [4.78, 5) is 2.14. The van der Waals surface area contributed by atoms with Crippen LogP contribution in [0.1, 0.15) is 5.76 Å². The predicted molar refractivity (Wildman–Crippen MR) is 93.9 cm³/mol. The monoisotopic (exact) mass is 350 g/mol. The SMILES string of the molecule is CN(C)CCNCc1ccc(-c2ccccc2Cl)o1.Cl.Cl. The Morgan fingerprint density at radius 3 is 2.48 bits per heavy atom. The summed E-state index contributed by atoms with van der Waals surface area (Å²) in [6.07, 6.45) is 0. The lowest BCUT2D eigenvalue weighted by Gasteiger charge is -2.09. The van der Waals surface area contributed by atoms with E-state index in [9.17, 15) is 0 Å². The first-order valence-corrected chi connectivity index (χ1v) is 6.73. The van der Waals surface area contributed by atoms with E-state index in [1.54, 1.807) is 0 Å². The number of hydrogen-bond donors (Lipinski definition) is 1. The summed E-state index contributed by atoms with van der Waals surface area (Å²) < 4.78 is 5.80. The Kier molecular flexibility index (Phi) is 9.75. The van der Waals surface area contributed by atoms with E-state index in [-0.39, 0.29) is 24.8 Å². The van der Waals surface area contributed by atoms with Gasteiger partial charge in [0.25, 0.3) is 0 Å². The highest BCUT2D eigenvalue weighted by molar-refractivity contribution is 6.33. The van der Waals surface area contributed by atoms with E-state index in [4.69, 9.17) is 16.0 Å². The maximum Gasteiger partial charge on any atom is 0.135 e. The molecule has 1 aromatic heterocycles. The molecule has 0 aliphatic rings. The van der Waals surface area contributed by atoms with Gasteiger partial charge in [0, 0.05) is 18.7 Å². The second-order valence-corrected chi connectivity index (χ2v) is 5.13. The van der Waals surface area contributed by atoms with E-state index in [1.165, 1.54) is 0 Å². The second-order valence-electron chi connectivity index (χ2n) is 4.73. The molecule has 0 aliphatic carbocycles. The van der Waals surface area contributed by atoms with Gasteiger partial charge in [-0.1, -0.05) is 23.7 Å². The molecule has 0 saturated heterocycles. The van der Waals surface area contributed by atoms with Gasteiger partial charge in [0.1, 0.15) is 11.5 Å². The zero-order chi connectivity index (χ0) is 13.7. The third-order valence-electron chi connectivity index (χ3n) is 2.84. The first-order valence-electron chi connectivity index (χ1n) is 6.36. The van der Waals surface area contributed by atoms with Crippen molar-refractivity contribution in [3.63, 3.8) is 0 Å². The molecule has 2 rings (SSSR count). The van der Waals surface area contributed by atoms with Gasteiger partial charge in [-0.15, -0.1) is 24.8 Å². The maximum atomic E-state index is 6.15. The number of nitrogens with one attached hydrogen (secondary N) is 1. The zero-order valence-corrected chi connectivity index (χ0v) is 14.5. The van der Waals surface area contributed by atoms with Gasteiger partial charge in [-0.25, -0.2) is 0 Å². The van der Waals surface area contributed by atoms with E-state index < -0.39 is 0 Å². The molecule has 118 valence electrons. The van der Waals surface area contributed by atoms with Crippen LogP contribution in [0.2, 0.25) is 5.02 Å². The summed E-state index contributed by atoms with van der Waals surface area (Å²) in [5.74, 6) is 1.74. The standard InChI is InChI=1S/C15H19ClN2O.2ClH/c1-18(2)10-9-17-11-12-7-8-15(19-12)13-5-3-4-6-14(13)16;;/h3-8,17H,9-11H2,1-2H3;2*1H. The van der Waals surface area contributed by atoms with Gasteiger partial charge in [0.2, 0.25) is 0 Å². The van der Waals surface area contributed by atoms with Gasteiger partial charge < -0.3 is 14.6 Å². The van der Waals surface area contributed by atoms with Crippen LogP contribution in [0.5, 0.6) is 0 Å². The van der Waals surface area contributed by atoms with Gasteiger partial charge in [-0.2, -0.15) is 0 Å². The summed E-state index contributed by atoms with van der Waals surface area (Å²) in [5.41, 5.74) is 0.934. The Labute approximate surface area is 143 Å². The van der Waals surface area contributed by atoms with Crippen LogP contribution >= 0.6 is 36.4 Å². The molecule has 0 spiro atoms. The van der Waals surface area contributed by atoms with Gasteiger partial charge in [0.15, 0.2) is 0 Å². The third kappa shape index (κ3) is 6.29. The Balaban J connectivity index is 0.00000200. The van der Waals surface area contributed by atoms with Crippen molar-refractivity contribution in [2.45, 2.75) is 6.54 Å². The van der Waals surface area contributed by atoms with Crippen molar-refractivity contribution in [2.24, 2.45) is 0 Å². The topological polar surface area (TPSA) is 28.4 Å². The first-order chi connectivity index (χ1) is 9.16. The highest BCUT2D eigenvalue weighted by Gasteiger charge is 2.07. The first kappa shape index (κ1) is 20.3. The molecule has 0 unspecified atom stereocenters. The minimum atomic E-state index is 0. The van der Waals surface area contributed by atoms with Crippen LogP contribution in [-0.4, -0.2) is 32.1 Å². The average molecular weight is 352 g/mol. The van der Waals surface area contributed by atoms with Crippen molar-refractivity contribution in [2.75, 3.05) is 27.2 Å². The fourth-order valence-corrected chi connectivity index (χ4v) is 2.02. The molecule has 0 atom stereocenters. The highest BCUT2D eigenvalue weighted by Crippen LogP contribution is 2.28. The molecule has 0 bridgehead atoms. The number of rotatable bonds is 6. The number of halogens is 3. The molecule has 3 nitrogen and oxygen atoms in total. The lowest BCUT2D eigenvalue weighted by Crippen LogP contribution is -2.25. The van der Waals surface area contributed by atoms with Crippen LogP contribution in [0.25, 0.3) is 11.3 Å². The quantitative estimate of drug-likeness (QED) is 0.794. The average Bonchev–Trinajstić information content (AvgIpc) is 2.83. The van der Waals surface area contributed by atoms with Crippen LogP contribution in [0.15, 0.2) is 40.8 Å². The smallest absolute Gasteiger partial charge is 0.135 e. The summed E-state index contributed by atoms with van der Waals surface area (Å²) in [6, 6.07) is 11.7. The van der Waals surface area contributed by atoms with Crippen molar-refractivity contribution in [3.8, 4) is 11.3 Å². The summed E-state index contributed by atoms with van der Waals surface area (Å²) >= 11 is 6.15. The van der Waals surface area contributed by atoms with Gasteiger partial charge >= 0.3 is 0 Å². The largest absolute Gasteiger partial charge is 0.460 e. The summed E-state index contributed by atoms with van der Waals surface area (Å²) in [7, 11) is 4.12. The van der Waals surface area contributed by atoms with E-state index in [1.807, 2.05) is 36.4 Å². The molecule has 0 radical (unpaired) electrons. The highest BCUT2D eigenvalue weighted by atomic mass is 35.5. The fraction of sp³-hybridized carbons (Fsp3) is 0.333. The number of nitrogens with zero attached hydrogens (tertiary/aromatic N) is 1. The van der Waals surface area contributed by atoms with E-state index in [2.05, 4.69) is 24.3 Å². The summed E-state index contributed by atoms with van der Waals surface area (Å²) in [6.45, 7) is 2.69. The van der Waals surface area contributed by atoms with Crippen LogP contribution < -0.4 is 5.32 Å². The van der Waals surface area contributed by atoms with Crippen LogP contribution in [-0.2, 0) is 6.54 Å². The predicted octanol–water partition coefficient (Wildman–Crippen LogP) is 4.09. The Hall–Kier alpha value is -0.710. The molecule has 1 N–H and O–H groups in total. The van der Waals surface area contributed by atoms with Crippen molar-refractivity contribution >= 4 is 36.4 Å². The Morgan fingerprint density at radius 2 is 1.81 bits per heavy atom. The molecule has 6 heteroatoms. The number of benzene rings is 1. The van der Waals surface area contributed by atoms with Crippen molar-refractivity contribution in [1.29, 1.82) is 0 Å². The lowest BCUT2D eigenvalue weighted by molar-refractivity contribution is 0.392. The molecule has 0 fully saturated rings. The molecule has 0 aliphatic heterocycles. The molecule has 21 heavy (non-hydrogen) atoms. The Bertz CT molecular complexity index is 529. The van der Waals surface area contributed by atoms with E-state index >= 15 is 0 Å². The number of hydrogen-bond acceptors (Lipinski definition) is 3. The van der Waals surface area contributed by atoms with Gasteiger partial charge in [0.05, 0.1) is 11.6 Å². The molecule has 2 aromatic rings. The van der Waals surface area contributed by atoms with Crippen LogP contribution in [0.3, 0.4) is 0 Å². The van der Waals surface area contributed by atoms with Gasteiger partial charge in [-0.3, -0.25) is 0 Å². The molecular formula is C15H21Cl3N2O. The zero-order valence-electron chi connectivity index (χ0n) is 12.1. The second kappa shape index (κ2) is 10.1. The van der Waals surface area contributed by atoms with Gasteiger partial charge in [-0.05, 0) is 38.4 Å². The van der Waals surface area contributed by atoms with Crippen molar-refractivity contribution in [1.82, 2.24) is 10.2 Å². The Morgan fingerprint density at radius 1 is 1.10 bits per heavy atom. The number of likely N-dealkylation sites (N-methyl/N-ethyl adjacent to an activating group) is 1. The summed E-state index contributed by atoms with van der Waals surface area (Å²) in [5, 5.41) is 4.06. The van der Waals surface area contributed by atoms with Crippen molar-refractivity contribution in [3.05, 3.63) is 47.2 Å². The maximum absolute atomic E-state index is 6.15. The molecule has 1 aromatic carbocycles. The van der Waals surface area contributed by atoms with E-state index in [0.717, 1.165) is 36.7 Å². The van der Waals surface area contributed by atoms with E-state index in [0.29, 0.717) is 5.02 Å². The van der Waals surface area contributed by atoms with Crippen LogP contribution in [0, 0.1) is 0 Å². The lowest BCUT2D eigenvalue weighted by atomic mass is 10.2. The molecule has 0 amide bonds. The molecule has 1 heterocycles. The minimum absolute atomic E-state index is 0. The molecule has 0 saturated carbocycles. The fourth-order valence-electron chi connectivity index (χ4n) is 1.79. The van der Waals surface area contributed by atoms with Crippen molar-refractivity contribution < 1.29 is 4.42 Å². The van der Waals surface area contributed by atoms with Crippen LogP contribution in [0.4, 0.5) is 0 Å². The normalized spacial score (nSPS) is 10.1. The minimum Gasteiger partial charge on any atom is -0.460 e. The molecular weight excluding hydrogens is 331 g/mol.